The Bertz CT molecular complexity index is 582. The van der Waals surface area contributed by atoms with Crippen molar-refractivity contribution in [2.24, 2.45) is 0 Å². The van der Waals surface area contributed by atoms with E-state index in [1.807, 2.05) is 13.8 Å². The average Bonchev–Trinajstić information content (AvgIpc) is 2.39. The minimum Gasteiger partial charge on any atom is -0.379 e. The van der Waals surface area contributed by atoms with Gasteiger partial charge < -0.3 is 19.7 Å². The Morgan fingerprint density at radius 2 is 2.04 bits per heavy atom. The van der Waals surface area contributed by atoms with Gasteiger partial charge in [0.05, 0.1) is 36.8 Å². The highest BCUT2D eigenvalue weighted by Crippen LogP contribution is 2.33. The normalized spacial score (nSPS) is 29.3. The molecule has 0 aromatic heterocycles. The fourth-order valence-electron chi connectivity index (χ4n) is 3.49. The lowest BCUT2D eigenvalue weighted by Gasteiger charge is -2.52. The summed E-state index contributed by atoms with van der Waals surface area (Å²) < 4.78 is 36.3. The lowest BCUT2D eigenvalue weighted by atomic mass is 9.96. The van der Waals surface area contributed by atoms with E-state index in [9.17, 15) is 13.2 Å². The highest BCUT2D eigenvalue weighted by Gasteiger charge is 2.54. The number of sulfone groups is 1. The molecule has 8 nitrogen and oxygen atoms in total. The molecule has 0 aromatic carbocycles. The molecule has 9 heteroatoms. The second kappa shape index (κ2) is 6.44. The molecule has 2 amide bonds. The third-order valence-electron chi connectivity index (χ3n) is 4.92. The van der Waals surface area contributed by atoms with Crippen molar-refractivity contribution in [1.29, 1.82) is 0 Å². The zero-order valence-corrected chi connectivity index (χ0v) is 15.3. The summed E-state index contributed by atoms with van der Waals surface area (Å²) in [6.45, 7) is 6.71. The molecule has 3 aliphatic heterocycles. The Morgan fingerprint density at radius 1 is 1.38 bits per heavy atom. The minimum atomic E-state index is -3.23. The summed E-state index contributed by atoms with van der Waals surface area (Å²) in [5.41, 5.74) is -0.715. The van der Waals surface area contributed by atoms with Crippen molar-refractivity contribution < 1.29 is 22.7 Å². The highest BCUT2D eigenvalue weighted by molar-refractivity contribution is 7.92. The lowest BCUT2D eigenvalue weighted by Crippen LogP contribution is -2.72. The predicted octanol–water partition coefficient (Wildman–Crippen LogP) is -0.697. The first-order valence-electron chi connectivity index (χ1n) is 8.39. The van der Waals surface area contributed by atoms with Crippen LogP contribution >= 0.6 is 0 Å². The quantitative estimate of drug-likeness (QED) is 0.713. The van der Waals surface area contributed by atoms with Crippen molar-refractivity contribution in [1.82, 2.24) is 15.1 Å². The zero-order chi connectivity index (χ0) is 17.5. The van der Waals surface area contributed by atoms with E-state index in [-0.39, 0.29) is 30.5 Å². The summed E-state index contributed by atoms with van der Waals surface area (Å²) in [5, 5.41) is 2.32. The van der Waals surface area contributed by atoms with Crippen LogP contribution in [-0.2, 0) is 19.3 Å². The number of nitrogens with zero attached hydrogens (tertiary/aromatic N) is 2. The van der Waals surface area contributed by atoms with E-state index in [0.717, 1.165) is 13.1 Å². The van der Waals surface area contributed by atoms with Crippen LogP contribution in [0.2, 0.25) is 0 Å². The van der Waals surface area contributed by atoms with Gasteiger partial charge in [-0.15, -0.1) is 0 Å². The Kier molecular flexibility index (Phi) is 4.80. The molecule has 0 aromatic rings. The Balaban J connectivity index is 1.51. The standard InChI is InChI=1S/C15H27N3O5S/c1-11(2)16-14(19)18-8-15(9-18)10-24(20,21)13(7-23-15)6-17-4-12(5-17)22-3/h11-13H,4-10H2,1-3H3,(H,16,19)/t13-/m0/s1. The van der Waals surface area contributed by atoms with Gasteiger partial charge in [-0.25, -0.2) is 13.2 Å². The molecule has 1 spiro atoms. The number of ether oxygens (including phenoxy) is 2. The maximum absolute atomic E-state index is 12.6. The molecular weight excluding hydrogens is 334 g/mol. The number of methoxy groups -OCH3 is 1. The first-order chi connectivity index (χ1) is 11.2. The smallest absolute Gasteiger partial charge is 0.317 e. The largest absolute Gasteiger partial charge is 0.379 e. The Hall–Kier alpha value is -0.900. The minimum absolute atomic E-state index is 0.00231. The summed E-state index contributed by atoms with van der Waals surface area (Å²) in [5.74, 6) is -0.00231. The molecule has 0 radical (unpaired) electrons. The van der Waals surface area contributed by atoms with Crippen molar-refractivity contribution >= 4 is 15.9 Å². The molecule has 0 unspecified atom stereocenters. The van der Waals surface area contributed by atoms with E-state index in [2.05, 4.69) is 10.2 Å². The topological polar surface area (TPSA) is 88.2 Å². The molecule has 0 bridgehead atoms. The molecule has 3 aliphatic rings. The number of carbonyl (C=O) groups is 1. The lowest BCUT2D eigenvalue weighted by molar-refractivity contribution is -0.121. The number of rotatable bonds is 4. The van der Waals surface area contributed by atoms with Crippen LogP contribution in [0.15, 0.2) is 0 Å². The maximum atomic E-state index is 12.6. The molecule has 138 valence electrons. The van der Waals surface area contributed by atoms with Crippen molar-refractivity contribution in [3.05, 3.63) is 0 Å². The molecule has 0 aliphatic carbocycles. The van der Waals surface area contributed by atoms with Gasteiger partial charge in [0.15, 0.2) is 9.84 Å². The van der Waals surface area contributed by atoms with Crippen molar-refractivity contribution in [3.8, 4) is 0 Å². The van der Waals surface area contributed by atoms with Gasteiger partial charge in [-0.3, -0.25) is 4.90 Å². The number of hydrogen-bond acceptors (Lipinski definition) is 6. The number of likely N-dealkylation sites (tertiary alicyclic amines) is 2. The van der Waals surface area contributed by atoms with E-state index in [1.165, 1.54) is 0 Å². The number of carbonyl (C=O) groups excluding carboxylic acids is 1. The second-order valence-electron chi connectivity index (χ2n) is 7.46. The van der Waals surface area contributed by atoms with E-state index >= 15 is 0 Å². The Morgan fingerprint density at radius 3 is 2.58 bits per heavy atom. The van der Waals surface area contributed by atoms with E-state index in [1.54, 1.807) is 12.0 Å². The van der Waals surface area contributed by atoms with Gasteiger partial charge in [0.2, 0.25) is 0 Å². The van der Waals surface area contributed by atoms with Gasteiger partial charge in [0.1, 0.15) is 5.60 Å². The van der Waals surface area contributed by atoms with Gasteiger partial charge in [0.25, 0.3) is 0 Å². The van der Waals surface area contributed by atoms with Crippen molar-refractivity contribution in [3.63, 3.8) is 0 Å². The van der Waals surface area contributed by atoms with Gasteiger partial charge in [-0.2, -0.15) is 0 Å². The van der Waals surface area contributed by atoms with Crippen LogP contribution in [0.1, 0.15) is 13.8 Å². The van der Waals surface area contributed by atoms with Gasteiger partial charge in [0, 0.05) is 32.8 Å². The number of hydrogen-bond donors (Lipinski definition) is 1. The van der Waals surface area contributed by atoms with Crippen LogP contribution in [0.3, 0.4) is 0 Å². The molecule has 3 rings (SSSR count). The van der Waals surface area contributed by atoms with Crippen LogP contribution in [0.5, 0.6) is 0 Å². The summed E-state index contributed by atoms with van der Waals surface area (Å²) in [7, 11) is -1.55. The predicted molar refractivity (Wildman–Crippen MR) is 88.7 cm³/mol. The molecule has 3 fully saturated rings. The van der Waals surface area contributed by atoms with E-state index < -0.39 is 20.7 Å². The van der Waals surface area contributed by atoms with E-state index in [0.29, 0.717) is 19.6 Å². The Labute approximate surface area is 143 Å². The summed E-state index contributed by atoms with van der Waals surface area (Å²) >= 11 is 0. The molecule has 0 saturated carbocycles. The summed E-state index contributed by atoms with van der Waals surface area (Å²) in [4.78, 5) is 15.6. The average molecular weight is 361 g/mol. The molecule has 1 N–H and O–H groups in total. The third-order valence-corrected chi connectivity index (χ3v) is 7.15. The van der Waals surface area contributed by atoms with Crippen LogP contribution < -0.4 is 5.32 Å². The number of urea groups is 1. The summed E-state index contributed by atoms with van der Waals surface area (Å²) in [6, 6.07) is -0.105. The van der Waals surface area contributed by atoms with Crippen LogP contribution in [-0.4, -0.2) is 99.4 Å². The van der Waals surface area contributed by atoms with E-state index in [4.69, 9.17) is 9.47 Å². The maximum Gasteiger partial charge on any atom is 0.317 e. The molecule has 1 atom stereocenters. The van der Waals surface area contributed by atoms with Crippen molar-refractivity contribution in [2.45, 2.75) is 36.8 Å². The van der Waals surface area contributed by atoms with Crippen LogP contribution in [0.4, 0.5) is 4.79 Å². The van der Waals surface area contributed by atoms with Crippen molar-refractivity contribution in [2.75, 3.05) is 52.2 Å². The third kappa shape index (κ3) is 3.54. The van der Waals surface area contributed by atoms with Gasteiger partial charge in [-0.05, 0) is 13.8 Å². The fourth-order valence-corrected chi connectivity index (χ4v) is 5.44. The molecule has 3 saturated heterocycles. The SMILES string of the molecule is COC1CN(C[C@H]2COC3(CN(C(=O)NC(C)C)C3)CS2(=O)=O)C1. The molecule has 3 heterocycles. The number of amides is 2. The first kappa shape index (κ1) is 17.9. The van der Waals surface area contributed by atoms with Gasteiger partial charge in [-0.1, -0.05) is 0 Å². The monoisotopic (exact) mass is 361 g/mol. The second-order valence-corrected chi connectivity index (χ2v) is 9.74. The highest BCUT2D eigenvalue weighted by atomic mass is 32.2. The summed E-state index contributed by atoms with van der Waals surface area (Å²) in [6.07, 6.45) is 0.211. The van der Waals surface area contributed by atoms with Crippen LogP contribution in [0.25, 0.3) is 0 Å². The zero-order valence-electron chi connectivity index (χ0n) is 14.5. The van der Waals surface area contributed by atoms with Crippen LogP contribution in [0, 0.1) is 0 Å². The number of nitrogens with one attached hydrogen (secondary N) is 1. The fraction of sp³-hybridized carbons (Fsp3) is 0.933. The first-order valence-corrected chi connectivity index (χ1v) is 10.1. The molecule has 24 heavy (non-hydrogen) atoms. The van der Waals surface area contributed by atoms with Gasteiger partial charge >= 0.3 is 6.03 Å². The molecular formula is C15H27N3O5S.